The standard InChI is InChI=1S/C16H19BrFNO2/c17-13-5-6-14(18)12(10-13)4-7-15(21)19-16(11-20)8-2-1-3-9-16/h4-7,10,20H,1-3,8-9,11H2,(H,19,21). The summed E-state index contributed by atoms with van der Waals surface area (Å²) in [6.07, 6.45) is 7.48. The predicted octanol–water partition coefficient (Wildman–Crippen LogP) is 3.41. The molecule has 1 saturated carbocycles. The Morgan fingerprint density at radius 3 is 2.76 bits per heavy atom. The maximum atomic E-state index is 13.6. The van der Waals surface area contributed by atoms with Gasteiger partial charge in [0.15, 0.2) is 0 Å². The van der Waals surface area contributed by atoms with Gasteiger partial charge in [-0.3, -0.25) is 4.79 Å². The number of carbonyl (C=O) groups is 1. The molecule has 1 aromatic carbocycles. The van der Waals surface area contributed by atoms with Gasteiger partial charge in [0.2, 0.25) is 5.91 Å². The Morgan fingerprint density at radius 1 is 1.38 bits per heavy atom. The van der Waals surface area contributed by atoms with E-state index in [1.54, 1.807) is 12.1 Å². The van der Waals surface area contributed by atoms with Gasteiger partial charge in [-0.1, -0.05) is 35.2 Å². The summed E-state index contributed by atoms with van der Waals surface area (Å²) in [5, 5.41) is 12.4. The van der Waals surface area contributed by atoms with Crippen LogP contribution in [-0.4, -0.2) is 23.2 Å². The van der Waals surface area contributed by atoms with Gasteiger partial charge in [0.1, 0.15) is 5.82 Å². The maximum Gasteiger partial charge on any atom is 0.244 e. The number of aliphatic hydroxyl groups excluding tert-OH is 1. The Labute approximate surface area is 132 Å². The molecule has 2 rings (SSSR count). The molecular formula is C16H19BrFNO2. The van der Waals surface area contributed by atoms with E-state index in [0.29, 0.717) is 5.56 Å². The lowest BCUT2D eigenvalue weighted by Gasteiger charge is -2.36. The second-order valence-corrected chi connectivity index (χ2v) is 6.40. The molecule has 5 heteroatoms. The molecule has 114 valence electrons. The number of rotatable bonds is 4. The first-order valence-corrected chi connectivity index (χ1v) is 7.90. The summed E-state index contributed by atoms with van der Waals surface area (Å²) in [6.45, 7) is -0.0577. The lowest BCUT2D eigenvalue weighted by atomic mass is 9.82. The van der Waals surface area contributed by atoms with Crippen LogP contribution in [0.3, 0.4) is 0 Å². The van der Waals surface area contributed by atoms with Crippen molar-refractivity contribution in [3.8, 4) is 0 Å². The molecule has 1 aromatic rings. The highest BCUT2D eigenvalue weighted by molar-refractivity contribution is 9.10. The number of amides is 1. The van der Waals surface area contributed by atoms with Crippen molar-refractivity contribution in [3.05, 3.63) is 40.1 Å². The number of hydrogen-bond donors (Lipinski definition) is 2. The SMILES string of the molecule is O=C(C=Cc1cc(Br)ccc1F)NC1(CO)CCCCC1. The Hall–Kier alpha value is -1.20. The first-order chi connectivity index (χ1) is 10.0. The zero-order valence-corrected chi connectivity index (χ0v) is 13.3. The number of nitrogens with one attached hydrogen (secondary N) is 1. The van der Waals surface area contributed by atoms with Gasteiger partial charge in [-0.25, -0.2) is 4.39 Å². The molecular weight excluding hydrogens is 337 g/mol. The molecule has 1 fully saturated rings. The largest absolute Gasteiger partial charge is 0.394 e. The van der Waals surface area contributed by atoms with Gasteiger partial charge >= 0.3 is 0 Å². The zero-order valence-electron chi connectivity index (χ0n) is 11.7. The summed E-state index contributed by atoms with van der Waals surface area (Å²) in [4.78, 5) is 12.0. The van der Waals surface area contributed by atoms with Crippen molar-refractivity contribution in [1.29, 1.82) is 0 Å². The molecule has 1 aliphatic carbocycles. The summed E-state index contributed by atoms with van der Waals surface area (Å²) in [5.74, 6) is -0.679. The van der Waals surface area contributed by atoms with E-state index >= 15 is 0 Å². The van der Waals surface area contributed by atoms with Crippen molar-refractivity contribution in [3.63, 3.8) is 0 Å². The highest BCUT2D eigenvalue weighted by atomic mass is 79.9. The van der Waals surface area contributed by atoms with Gasteiger partial charge in [0.05, 0.1) is 12.1 Å². The van der Waals surface area contributed by atoms with Crippen LogP contribution in [0.15, 0.2) is 28.7 Å². The molecule has 3 nitrogen and oxygen atoms in total. The summed E-state index contributed by atoms with van der Waals surface area (Å²) in [6, 6.07) is 4.56. The third-order valence-corrected chi connectivity index (χ3v) is 4.37. The van der Waals surface area contributed by atoms with Crippen LogP contribution >= 0.6 is 15.9 Å². The highest BCUT2D eigenvalue weighted by Gasteiger charge is 2.32. The quantitative estimate of drug-likeness (QED) is 0.813. The molecule has 0 unspecified atom stereocenters. The van der Waals surface area contributed by atoms with E-state index < -0.39 is 5.54 Å². The average Bonchev–Trinajstić information content (AvgIpc) is 2.49. The summed E-state index contributed by atoms with van der Waals surface area (Å²) in [5.41, 5.74) is -0.170. The molecule has 0 aliphatic heterocycles. The Kier molecular flexibility index (Phi) is 5.53. The average molecular weight is 356 g/mol. The summed E-state index contributed by atoms with van der Waals surface area (Å²) < 4.78 is 14.3. The van der Waals surface area contributed by atoms with Crippen molar-refractivity contribution in [1.82, 2.24) is 5.32 Å². The molecule has 0 atom stereocenters. The molecule has 2 N–H and O–H groups in total. The molecule has 0 bridgehead atoms. The molecule has 1 aliphatic rings. The minimum Gasteiger partial charge on any atom is -0.394 e. The van der Waals surface area contributed by atoms with Gasteiger partial charge in [0.25, 0.3) is 0 Å². The molecule has 0 aromatic heterocycles. The van der Waals surface area contributed by atoms with Crippen molar-refractivity contribution < 1.29 is 14.3 Å². The van der Waals surface area contributed by atoms with E-state index in [4.69, 9.17) is 0 Å². The van der Waals surface area contributed by atoms with Crippen LogP contribution in [0, 0.1) is 5.82 Å². The van der Waals surface area contributed by atoms with Gasteiger partial charge in [-0.05, 0) is 37.1 Å². The van der Waals surface area contributed by atoms with Gasteiger partial charge in [-0.2, -0.15) is 0 Å². The minimum atomic E-state index is -0.518. The fourth-order valence-electron chi connectivity index (χ4n) is 2.66. The molecule has 0 radical (unpaired) electrons. The van der Waals surface area contributed by atoms with Crippen LogP contribution in [0.1, 0.15) is 37.7 Å². The van der Waals surface area contributed by atoms with Crippen LogP contribution in [0.4, 0.5) is 4.39 Å². The number of hydrogen-bond acceptors (Lipinski definition) is 2. The van der Waals surface area contributed by atoms with Gasteiger partial charge < -0.3 is 10.4 Å². The van der Waals surface area contributed by atoms with E-state index in [1.165, 1.54) is 18.2 Å². The highest BCUT2D eigenvalue weighted by Crippen LogP contribution is 2.27. The van der Waals surface area contributed by atoms with Crippen molar-refractivity contribution in [2.75, 3.05) is 6.61 Å². The fourth-order valence-corrected chi connectivity index (χ4v) is 3.04. The monoisotopic (exact) mass is 355 g/mol. The Morgan fingerprint density at radius 2 is 2.10 bits per heavy atom. The van der Waals surface area contributed by atoms with Crippen molar-refractivity contribution >= 4 is 27.9 Å². The van der Waals surface area contributed by atoms with Crippen molar-refractivity contribution in [2.24, 2.45) is 0 Å². The topological polar surface area (TPSA) is 49.3 Å². The Balaban J connectivity index is 2.03. The lowest BCUT2D eigenvalue weighted by Crippen LogP contribution is -2.52. The number of halogens is 2. The third kappa shape index (κ3) is 4.38. The van der Waals surface area contributed by atoms with Gasteiger partial charge in [-0.15, -0.1) is 0 Å². The molecule has 0 spiro atoms. The van der Waals surface area contributed by atoms with Crippen LogP contribution in [0.5, 0.6) is 0 Å². The first-order valence-electron chi connectivity index (χ1n) is 7.11. The van der Waals surface area contributed by atoms with Crippen LogP contribution in [-0.2, 0) is 4.79 Å². The third-order valence-electron chi connectivity index (χ3n) is 3.87. The second-order valence-electron chi connectivity index (χ2n) is 5.49. The van der Waals surface area contributed by atoms with Crippen molar-refractivity contribution in [2.45, 2.75) is 37.6 Å². The van der Waals surface area contributed by atoms with Gasteiger partial charge in [0, 0.05) is 16.1 Å². The van der Waals surface area contributed by atoms with Crippen LogP contribution in [0.2, 0.25) is 0 Å². The summed E-state index contributed by atoms with van der Waals surface area (Å²) in [7, 11) is 0. The van der Waals surface area contributed by atoms with E-state index in [9.17, 15) is 14.3 Å². The number of carbonyl (C=O) groups excluding carboxylic acids is 1. The van der Waals surface area contributed by atoms with E-state index in [0.717, 1.165) is 36.6 Å². The van der Waals surface area contributed by atoms with Crippen LogP contribution in [0.25, 0.3) is 6.08 Å². The van der Waals surface area contributed by atoms with E-state index in [1.807, 2.05) is 0 Å². The fraction of sp³-hybridized carbons (Fsp3) is 0.438. The second kappa shape index (κ2) is 7.18. The first kappa shape index (κ1) is 16.2. The number of benzene rings is 1. The lowest BCUT2D eigenvalue weighted by molar-refractivity contribution is -0.119. The summed E-state index contributed by atoms with van der Waals surface area (Å²) >= 11 is 3.27. The van der Waals surface area contributed by atoms with Crippen LogP contribution < -0.4 is 5.32 Å². The maximum absolute atomic E-state index is 13.6. The van der Waals surface area contributed by atoms with E-state index in [2.05, 4.69) is 21.2 Å². The number of aliphatic hydroxyl groups is 1. The minimum absolute atomic E-state index is 0.0577. The molecule has 0 saturated heterocycles. The molecule has 21 heavy (non-hydrogen) atoms. The van der Waals surface area contributed by atoms with E-state index in [-0.39, 0.29) is 18.3 Å². The smallest absolute Gasteiger partial charge is 0.244 e. The normalized spacial score (nSPS) is 17.9. The predicted molar refractivity (Wildman–Crippen MR) is 84.2 cm³/mol. The molecule has 0 heterocycles. The molecule has 1 amide bonds. The Bertz CT molecular complexity index is 539. The zero-order chi connectivity index (χ0) is 15.3.